The lowest BCUT2D eigenvalue weighted by molar-refractivity contribution is -0.130. The topological polar surface area (TPSA) is 20.3 Å². The Bertz CT molecular complexity index is 151. The molecule has 1 aliphatic rings. The number of alkyl halides is 1. The van der Waals surface area contributed by atoms with Crippen LogP contribution in [0.25, 0.3) is 0 Å². The first kappa shape index (κ1) is 9.85. The molecule has 0 aromatic heterocycles. The minimum atomic E-state index is -0.358. The molecule has 0 aliphatic carbocycles. The molecule has 2 nitrogen and oxygen atoms in total. The fraction of sp³-hybridized carbons (Fsp3) is 0.889. The van der Waals surface area contributed by atoms with E-state index >= 15 is 0 Å². The molecule has 1 rings (SSSR count). The van der Waals surface area contributed by atoms with E-state index in [1.54, 1.807) is 6.92 Å². The van der Waals surface area contributed by atoms with Crippen LogP contribution in [0, 0.1) is 0 Å². The molecule has 1 saturated heterocycles. The predicted octanol–water partition coefficient (Wildman–Crippen LogP) is 2.02. The summed E-state index contributed by atoms with van der Waals surface area (Å²) in [7, 11) is 0. The van der Waals surface area contributed by atoms with E-state index in [0.29, 0.717) is 0 Å². The van der Waals surface area contributed by atoms with Crippen molar-refractivity contribution in [2.45, 2.75) is 38.0 Å². The van der Waals surface area contributed by atoms with Crippen LogP contribution >= 0.6 is 11.6 Å². The second-order valence-corrected chi connectivity index (χ2v) is 4.01. The van der Waals surface area contributed by atoms with E-state index in [2.05, 4.69) is 0 Å². The fourth-order valence-electron chi connectivity index (χ4n) is 1.54. The highest BCUT2D eigenvalue weighted by Gasteiger charge is 2.18. The largest absolute Gasteiger partial charge is 0.341 e. The van der Waals surface area contributed by atoms with Crippen molar-refractivity contribution in [1.29, 1.82) is 0 Å². The van der Waals surface area contributed by atoms with E-state index in [4.69, 9.17) is 11.6 Å². The van der Waals surface area contributed by atoms with Crippen LogP contribution < -0.4 is 0 Å². The summed E-state index contributed by atoms with van der Waals surface area (Å²) in [6.07, 6.45) is 4.77. The maximum atomic E-state index is 11.4. The van der Waals surface area contributed by atoms with E-state index in [1.165, 1.54) is 12.8 Å². The van der Waals surface area contributed by atoms with Gasteiger partial charge in [0.05, 0.1) is 0 Å². The third kappa shape index (κ3) is 2.67. The highest BCUT2D eigenvalue weighted by Crippen LogP contribution is 2.11. The lowest BCUT2D eigenvalue weighted by Crippen LogP contribution is -2.36. The number of hydrogen-bond acceptors (Lipinski definition) is 1. The number of halogens is 1. The Balaban J connectivity index is 2.43. The molecule has 0 bridgehead atoms. The van der Waals surface area contributed by atoms with E-state index in [0.717, 1.165) is 25.9 Å². The third-order valence-electron chi connectivity index (χ3n) is 2.26. The molecule has 0 N–H and O–H groups in total. The Hall–Kier alpha value is -0.240. The van der Waals surface area contributed by atoms with Gasteiger partial charge in [-0.05, 0) is 19.8 Å². The van der Waals surface area contributed by atoms with Crippen LogP contribution in [-0.2, 0) is 4.79 Å². The van der Waals surface area contributed by atoms with Gasteiger partial charge in [0.25, 0.3) is 0 Å². The zero-order chi connectivity index (χ0) is 8.97. The number of nitrogens with zero attached hydrogens (tertiary/aromatic N) is 1. The van der Waals surface area contributed by atoms with Gasteiger partial charge in [0.2, 0.25) is 5.91 Å². The molecule has 70 valence electrons. The summed E-state index contributed by atoms with van der Waals surface area (Å²) in [5.41, 5.74) is 0. The molecule has 0 saturated carbocycles. The molecule has 0 aromatic carbocycles. The highest BCUT2D eigenvalue weighted by molar-refractivity contribution is 6.30. The van der Waals surface area contributed by atoms with Crippen molar-refractivity contribution < 1.29 is 4.79 Å². The maximum Gasteiger partial charge on any atom is 0.240 e. The molecule has 1 fully saturated rings. The third-order valence-corrected chi connectivity index (χ3v) is 2.44. The first-order valence-electron chi connectivity index (χ1n) is 4.64. The second-order valence-electron chi connectivity index (χ2n) is 3.36. The van der Waals surface area contributed by atoms with Crippen molar-refractivity contribution in [2.75, 3.05) is 13.1 Å². The summed E-state index contributed by atoms with van der Waals surface area (Å²) in [4.78, 5) is 13.3. The van der Waals surface area contributed by atoms with Crippen LogP contribution in [-0.4, -0.2) is 29.3 Å². The molecule has 0 spiro atoms. The Morgan fingerprint density at radius 3 is 2.17 bits per heavy atom. The summed E-state index contributed by atoms with van der Waals surface area (Å²) >= 11 is 5.72. The molecule has 0 radical (unpaired) electrons. The monoisotopic (exact) mass is 189 g/mol. The Kier molecular flexibility index (Phi) is 3.86. The minimum absolute atomic E-state index is 0.0959. The van der Waals surface area contributed by atoms with Gasteiger partial charge in [0.15, 0.2) is 0 Å². The standard InChI is InChI=1S/C9H16ClNO/c1-8(10)9(12)11-6-4-2-3-5-7-11/h8H,2-7H2,1H3/t8-/m1/s1. The number of amides is 1. The van der Waals surface area contributed by atoms with E-state index in [-0.39, 0.29) is 11.3 Å². The number of carbonyl (C=O) groups is 1. The molecule has 1 atom stereocenters. The average molecular weight is 190 g/mol. The lowest BCUT2D eigenvalue weighted by Gasteiger charge is -2.21. The van der Waals surface area contributed by atoms with Crippen LogP contribution in [0.15, 0.2) is 0 Å². The molecule has 1 aliphatic heterocycles. The summed E-state index contributed by atoms with van der Waals surface area (Å²) < 4.78 is 0. The van der Waals surface area contributed by atoms with Gasteiger partial charge in [-0.15, -0.1) is 11.6 Å². The second kappa shape index (κ2) is 4.70. The number of rotatable bonds is 1. The Labute approximate surface area is 78.9 Å². The molecule has 1 heterocycles. The van der Waals surface area contributed by atoms with Gasteiger partial charge in [-0.2, -0.15) is 0 Å². The zero-order valence-electron chi connectivity index (χ0n) is 7.55. The normalized spacial score (nSPS) is 21.7. The van der Waals surface area contributed by atoms with Gasteiger partial charge in [0.1, 0.15) is 5.38 Å². The zero-order valence-corrected chi connectivity index (χ0v) is 8.31. The first-order chi connectivity index (χ1) is 5.72. The maximum absolute atomic E-state index is 11.4. The van der Waals surface area contributed by atoms with Crippen molar-refractivity contribution in [1.82, 2.24) is 4.90 Å². The summed E-state index contributed by atoms with van der Waals surface area (Å²) in [6.45, 7) is 3.54. The fourth-order valence-corrected chi connectivity index (χ4v) is 1.68. The molecule has 12 heavy (non-hydrogen) atoms. The summed E-state index contributed by atoms with van der Waals surface area (Å²) in [5.74, 6) is 0.0959. The molecule has 3 heteroatoms. The van der Waals surface area contributed by atoms with Crippen LogP contribution in [0.4, 0.5) is 0 Å². The van der Waals surface area contributed by atoms with Gasteiger partial charge >= 0.3 is 0 Å². The molecule has 0 aromatic rings. The average Bonchev–Trinajstić information content (AvgIpc) is 2.30. The van der Waals surface area contributed by atoms with Crippen molar-refractivity contribution in [3.8, 4) is 0 Å². The van der Waals surface area contributed by atoms with E-state index in [1.807, 2.05) is 4.90 Å². The first-order valence-corrected chi connectivity index (χ1v) is 5.08. The van der Waals surface area contributed by atoms with E-state index in [9.17, 15) is 4.79 Å². The van der Waals surface area contributed by atoms with Gasteiger partial charge < -0.3 is 4.90 Å². The van der Waals surface area contributed by atoms with Crippen LogP contribution in [0.2, 0.25) is 0 Å². The summed E-state index contributed by atoms with van der Waals surface area (Å²) in [5, 5.41) is -0.358. The SMILES string of the molecule is C[C@@H](Cl)C(=O)N1CCCCCC1. The molecular weight excluding hydrogens is 174 g/mol. The quantitative estimate of drug-likeness (QED) is 0.578. The highest BCUT2D eigenvalue weighted by atomic mass is 35.5. The summed E-state index contributed by atoms with van der Waals surface area (Å²) in [6, 6.07) is 0. The lowest BCUT2D eigenvalue weighted by atomic mass is 10.2. The van der Waals surface area contributed by atoms with Crippen molar-refractivity contribution in [3.05, 3.63) is 0 Å². The van der Waals surface area contributed by atoms with Crippen molar-refractivity contribution in [2.24, 2.45) is 0 Å². The van der Waals surface area contributed by atoms with Gasteiger partial charge in [-0.25, -0.2) is 0 Å². The Morgan fingerprint density at radius 1 is 1.25 bits per heavy atom. The number of carbonyl (C=O) groups excluding carboxylic acids is 1. The number of hydrogen-bond donors (Lipinski definition) is 0. The molecule has 1 amide bonds. The van der Waals surface area contributed by atoms with Crippen LogP contribution in [0.5, 0.6) is 0 Å². The van der Waals surface area contributed by atoms with Gasteiger partial charge in [-0.3, -0.25) is 4.79 Å². The molecule has 0 unspecified atom stereocenters. The van der Waals surface area contributed by atoms with Crippen LogP contribution in [0.3, 0.4) is 0 Å². The van der Waals surface area contributed by atoms with Gasteiger partial charge in [0, 0.05) is 13.1 Å². The molecular formula is C9H16ClNO. The number of likely N-dealkylation sites (tertiary alicyclic amines) is 1. The predicted molar refractivity (Wildman–Crippen MR) is 50.4 cm³/mol. The van der Waals surface area contributed by atoms with Gasteiger partial charge in [-0.1, -0.05) is 12.8 Å². The van der Waals surface area contributed by atoms with Crippen molar-refractivity contribution >= 4 is 17.5 Å². The Morgan fingerprint density at radius 2 is 1.75 bits per heavy atom. The smallest absolute Gasteiger partial charge is 0.240 e. The minimum Gasteiger partial charge on any atom is -0.341 e. The van der Waals surface area contributed by atoms with Crippen molar-refractivity contribution in [3.63, 3.8) is 0 Å². The van der Waals surface area contributed by atoms with Crippen LogP contribution in [0.1, 0.15) is 32.6 Å². The van der Waals surface area contributed by atoms with E-state index < -0.39 is 0 Å².